The highest BCUT2D eigenvalue weighted by atomic mass is 16.2. The molecular weight excluding hydrogens is 352 g/mol. The lowest BCUT2D eigenvalue weighted by Gasteiger charge is -2.19. The van der Waals surface area contributed by atoms with Crippen molar-refractivity contribution in [2.75, 3.05) is 5.32 Å². The van der Waals surface area contributed by atoms with E-state index in [-0.39, 0.29) is 17.5 Å². The minimum absolute atomic E-state index is 0.102. The number of nitrogens with one attached hydrogen (secondary N) is 1. The zero-order valence-electron chi connectivity index (χ0n) is 16.0. The van der Waals surface area contributed by atoms with Crippen LogP contribution in [0.25, 0.3) is 5.65 Å². The van der Waals surface area contributed by atoms with Crippen LogP contribution in [0.15, 0.2) is 53.5 Å². The van der Waals surface area contributed by atoms with Crippen molar-refractivity contribution >= 4 is 17.2 Å². The number of carbonyl (C=O) groups excluding carboxylic acids is 1. The van der Waals surface area contributed by atoms with E-state index in [1.165, 1.54) is 28.3 Å². The Morgan fingerprint density at radius 2 is 1.82 bits per heavy atom. The zero-order valence-corrected chi connectivity index (χ0v) is 16.0. The quantitative estimate of drug-likeness (QED) is 0.750. The summed E-state index contributed by atoms with van der Waals surface area (Å²) in [4.78, 5) is 25.1. The fourth-order valence-corrected chi connectivity index (χ4v) is 3.95. The van der Waals surface area contributed by atoms with E-state index in [9.17, 15) is 9.59 Å². The zero-order chi connectivity index (χ0) is 19.3. The molecule has 2 aromatic heterocycles. The normalized spacial score (nSPS) is 15.9. The van der Waals surface area contributed by atoms with Crippen LogP contribution in [0.5, 0.6) is 0 Å². The highest BCUT2D eigenvalue weighted by Gasteiger charge is 2.19. The first-order chi connectivity index (χ1) is 13.7. The van der Waals surface area contributed by atoms with E-state index in [1.807, 2.05) is 42.5 Å². The average Bonchev–Trinajstić information content (AvgIpc) is 2.97. The molecule has 1 saturated carbocycles. The molecule has 1 aliphatic carbocycles. The number of anilines is 1. The monoisotopic (exact) mass is 378 g/mol. The molecule has 2 heterocycles. The lowest BCUT2D eigenvalue weighted by Crippen LogP contribution is -2.24. The molecule has 6 heteroatoms. The molecule has 0 bridgehead atoms. The van der Waals surface area contributed by atoms with Gasteiger partial charge in [0.2, 0.25) is 5.91 Å². The van der Waals surface area contributed by atoms with Crippen LogP contribution in [-0.2, 0) is 11.3 Å². The summed E-state index contributed by atoms with van der Waals surface area (Å²) in [5.74, 6) is 0.217. The maximum Gasteiger partial charge on any atom is 0.350 e. The van der Waals surface area contributed by atoms with Crippen molar-refractivity contribution in [3.05, 3.63) is 64.7 Å². The van der Waals surface area contributed by atoms with Gasteiger partial charge in [-0.15, -0.1) is 5.10 Å². The molecule has 0 atom stereocenters. The second-order valence-corrected chi connectivity index (χ2v) is 7.60. The summed E-state index contributed by atoms with van der Waals surface area (Å²) in [6.45, 7) is 0.369. The second kappa shape index (κ2) is 8.42. The molecule has 1 amide bonds. The number of benzene rings is 1. The first kappa shape index (κ1) is 18.5. The minimum Gasteiger partial charge on any atom is -0.326 e. The van der Waals surface area contributed by atoms with Gasteiger partial charge in [-0.05, 0) is 42.7 Å². The summed E-state index contributed by atoms with van der Waals surface area (Å²) >= 11 is 0. The summed E-state index contributed by atoms with van der Waals surface area (Å²) in [5, 5.41) is 7.45. The Kier molecular flexibility index (Phi) is 5.55. The smallest absolute Gasteiger partial charge is 0.326 e. The number of amides is 1. The van der Waals surface area contributed by atoms with E-state index >= 15 is 0 Å². The number of aromatic nitrogens is 3. The Balaban J connectivity index is 1.47. The van der Waals surface area contributed by atoms with Gasteiger partial charge >= 0.3 is 5.69 Å². The van der Waals surface area contributed by atoms with Gasteiger partial charge in [0.15, 0.2) is 5.65 Å². The molecule has 1 N–H and O–H groups in total. The predicted molar refractivity (Wildman–Crippen MR) is 109 cm³/mol. The van der Waals surface area contributed by atoms with Crippen LogP contribution >= 0.6 is 0 Å². The Hall–Kier alpha value is -2.89. The van der Waals surface area contributed by atoms with E-state index in [0.717, 1.165) is 36.9 Å². The van der Waals surface area contributed by atoms with Gasteiger partial charge in [0.25, 0.3) is 0 Å². The SMILES string of the molecule is O=C(Nc1cccc(Cn2nc3ccccn3c2=O)c1)C1CCCCCCC1. The van der Waals surface area contributed by atoms with Crippen molar-refractivity contribution in [1.29, 1.82) is 0 Å². The average molecular weight is 378 g/mol. The first-order valence-corrected chi connectivity index (χ1v) is 10.1. The highest BCUT2D eigenvalue weighted by Crippen LogP contribution is 2.24. The molecule has 146 valence electrons. The number of nitrogens with zero attached hydrogens (tertiary/aromatic N) is 3. The molecule has 0 saturated heterocycles. The van der Waals surface area contributed by atoms with E-state index in [0.29, 0.717) is 12.2 Å². The summed E-state index contributed by atoms with van der Waals surface area (Å²) in [7, 11) is 0. The van der Waals surface area contributed by atoms with Gasteiger partial charge in [0.05, 0.1) is 6.54 Å². The molecular formula is C22H26N4O2. The Morgan fingerprint density at radius 3 is 2.61 bits per heavy atom. The van der Waals surface area contributed by atoms with Crippen LogP contribution in [0.4, 0.5) is 5.69 Å². The Labute approximate surface area is 164 Å². The molecule has 0 aliphatic heterocycles. The lowest BCUT2D eigenvalue weighted by atomic mass is 9.90. The summed E-state index contributed by atoms with van der Waals surface area (Å²) in [6, 6.07) is 13.2. The second-order valence-electron chi connectivity index (χ2n) is 7.60. The van der Waals surface area contributed by atoms with E-state index in [4.69, 9.17) is 0 Å². The van der Waals surface area contributed by atoms with Crippen molar-refractivity contribution in [1.82, 2.24) is 14.2 Å². The molecule has 4 rings (SSSR count). The van der Waals surface area contributed by atoms with Crippen LogP contribution in [0.3, 0.4) is 0 Å². The number of pyridine rings is 1. The van der Waals surface area contributed by atoms with Crippen LogP contribution in [0, 0.1) is 5.92 Å². The van der Waals surface area contributed by atoms with E-state index in [1.54, 1.807) is 6.20 Å². The van der Waals surface area contributed by atoms with Gasteiger partial charge < -0.3 is 5.32 Å². The summed E-state index contributed by atoms with van der Waals surface area (Å²) < 4.78 is 2.98. The first-order valence-electron chi connectivity index (χ1n) is 10.1. The van der Waals surface area contributed by atoms with Crippen LogP contribution in [-0.4, -0.2) is 20.1 Å². The van der Waals surface area contributed by atoms with Gasteiger partial charge in [-0.1, -0.05) is 50.3 Å². The Morgan fingerprint density at radius 1 is 1.04 bits per heavy atom. The van der Waals surface area contributed by atoms with Crippen molar-refractivity contribution in [2.45, 2.75) is 51.5 Å². The highest BCUT2D eigenvalue weighted by molar-refractivity contribution is 5.92. The van der Waals surface area contributed by atoms with Gasteiger partial charge in [0, 0.05) is 17.8 Å². The number of fused-ring (bicyclic) bond motifs is 1. The molecule has 1 aromatic carbocycles. The summed E-state index contributed by atoms with van der Waals surface area (Å²) in [6.07, 6.45) is 9.68. The number of hydrogen-bond donors (Lipinski definition) is 1. The molecule has 0 spiro atoms. The van der Waals surface area contributed by atoms with E-state index < -0.39 is 0 Å². The molecule has 1 fully saturated rings. The van der Waals surface area contributed by atoms with Crippen molar-refractivity contribution in [2.24, 2.45) is 5.92 Å². The topological polar surface area (TPSA) is 68.4 Å². The molecule has 1 aliphatic rings. The molecule has 0 unspecified atom stereocenters. The van der Waals surface area contributed by atoms with E-state index in [2.05, 4.69) is 10.4 Å². The van der Waals surface area contributed by atoms with Gasteiger partial charge in [0.1, 0.15) is 0 Å². The molecule has 3 aromatic rings. The maximum atomic E-state index is 12.7. The van der Waals surface area contributed by atoms with Crippen molar-refractivity contribution in [3.63, 3.8) is 0 Å². The molecule has 6 nitrogen and oxygen atoms in total. The Bertz CT molecular complexity index is 1010. The predicted octanol–water partition coefficient (Wildman–Crippen LogP) is 3.84. The fourth-order valence-electron chi connectivity index (χ4n) is 3.95. The number of hydrogen-bond acceptors (Lipinski definition) is 3. The third-order valence-electron chi connectivity index (χ3n) is 5.49. The largest absolute Gasteiger partial charge is 0.350 e. The van der Waals surface area contributed by atoms with Crippen LogP contribution < -0.4 is 11.0 Å². The third-order valence-corrected chi connectivity index (χ3v) is 5.49. The molecule has 0 radical (unpaired) electrons. The van der Waals surface area contributed by atoms with Gasteiger partial charge in [-0.2, -0.15) is 0 Å². The maximum absolute atomic E-state index is 12.7. The van der Waals surface area contributed by atoms with Crippen molar-refractivity contribution in [3.8, 4) is 0 Å². The fraction of sp³-hybridized carbons (Fsp3) is 0.409. The number of carbonyl (C=O) groups is 1. The lowest BCUT2D eigenvalue weighted by molar-refractivity contribution is -0.120. The molecule has 28 heavy (non-hydrogen) atoms. The minimum atomic E-state index is -0.167. The van der Waals surface area contributed by atoms with Crippen LogP contribution in [0.2, 0.25) is 0 Å². The van der Waals surface area contributed by atoms with Crippen molar-refractivity contribution < 1.29 is 4.79 Å². The van der Waals surface area contributed by atoms with Crippen LogP contribution in [0.1, 0.15) is 50.5 Å². The third kappa shape index (κ3) is 4.16. The standard InChI is InChI=1S/C22H26N4O2/c27-21(18-10-4-2-1-3-5-11-18)23-19-12-8-9-17(15-19)16-26-22(28)25-14-7-6-13-20(25)24-26/h6-9,12-15,18H,1-5,10-11,16H2,(H,23,27). The summed E-state index contributed by atoms with van der Waals surface area (Å²) in [5.41, 5.74) is 2.17. The van der Waals surface area contributed by atoms with Gasteiger partial charge in [-0.25, -0.2) is 9.48 Å². The number of rotatable bonds is 4. The van der Waals surface area contributed by atoms with Gasteiger partial charge in [-0.3, -0.25) is 9.20 Å².